The molecule has 0 radical (unpaired) electrons. The number of allylic oxidation sites excluding steroid dienone is 4. The van der Waals surface area contributed by atoms with Gasteiger partial charge in [0.2, 0.25) is 0 Å². The zero-order valence-corrected chi connectivity index (χ0v) is 15.7. The van der Waals surface area contributed by atoms with Crippen LogP contribution in [0.15, 0.2) is 58.5 Å². The van der Waals surface area contributed by atoms with Gasteiger partial charge in [-0.15, -0.1) is 11.8 Å². The van der Waals surface area contributed by atoms with Gasteiger partial charge in [0.05, 0.1) is 27.2 Å². The van der Waals surface area contributed by atoms with Crippen molar-refractivity contribution in [1.29, 1.82) is 0 Å². The highest BCUT2D eigenvalue weighted by molar-refractivity contribution is 8.00. The summed E-state index contributed by atoms with van der Waals surface area (Å²) in [5.41, 5.74) is 2.83. The van der Waals surface area contributed by atoms with Crippen LogP contribution in [-0.2, 0) is 0 Å². The second kappa shape index (κ2) is 6.88. The fourth-order valence-electron chi connectivity index (χ4n) is 3.12. The molecule has 0 bridgehead atoms. The lowest BCUT2D eigenvalue weighted by Crippen LogP contribution is -2.39. The molecule has 1 aromatic rings. The van der Waals surface area contributed by atoms with Crippen molar-refractivity contribution >= 4 is 28.9 Å². The van der Waals surface area contributed by atoms with Gasteiger partial charge in [0, 0.05) is 27.5 Å². The number of rotatable bonds is 4. The topological polar surface area (TPSA) is 0 Å². The second-order valence-electron chi connectivity index (χ2n) is 6.94. The smallest absolute Gasteiger partial charge is 0.0817 e. The van der Waals surface area contributed by atoms with E-state index >= 15 is 0 Å². The first-order valence-corrected chi connectivity index (χ1v) is 9.59. The van der Waals surface area contributed by atoms with E-state index in [0.29, 0.717) is 11.2 Å². The molecule has 0 spiro atoms. The second-order valence-corrected chi connectivity index (χ2v) is 8.60. The van der Waals surface area contributed by atoms with Crippen LogP contribution in [0.2, 0.25) is 0 Å². The highest BCUT2D eigenvalue weighted by Crippen LogP contribution is 2.48. The van der Waals surface area contributed by atoms with E-state index in [0.717, 1.165) is 22.5 Å². The fraction of sp³-hybridized carbons (Fsp3) is 0.400. The molecule has 0 N–H and O–H groups in total. The molecule has 3 rings (SSSR count). The van der Waals surface area contributed by atoms with Gasteiger partial charge in [-0.3, -0.25) is 0 Å². The molecule has 2 aliphatic rings. The van der Waals surface area contributed by atoms with E-state index in [2.05, 4.69) is 63.5 Å². The third-order valence-electron chi connectivity index (χ3n) is 4.91. The monoisotopic (exact) mass is 346 g/mol. The Morgan fingerprint density at radius 3 is 2.83 bits per heavy atom. The number of hydrogen-bond donors (Lipinski definition) is 0. The summed E-state index contributed by atoms with van der Waals surface area (Å²) in [7, 11) is 4.60. The number of thioether (sulfide) groups is 1. The van der Waals surface area contributed by atoms with Gasteiger partial charge in [-0.05, 0) is 30.2 Å². The summed E-state index contributed by atoms with van der Waals surface area (Å²) in [6.45, 7) is 4.58. The van der Waals surface area contributed by atoms with Crippen LogP contribution in [0.1, 0.15) is 18.9 Å². The quantitative estimate of drug-likeness (QED) is 0.663. The van der Waals surface area contributed by atoms with E-state index in [4.69, 9.17) is 11.6 Å². The standard InChI is InChI=1S/C20H25ClNS/c1-4-22(2,3)13-7-9-16-17-8-5-6-10-19(17)23-20-12-11-15(21)14-18(16)20/h5-6,8-12,14,18,20H,4,7,13H2,1-3H3/q+1/b16-9-/t18-,20-/m0/s1. The van der Waals surface area contributed by atoms with Gasteiger partial charge in [0.25, 0.3) is 0 Å². The summed E-state index contributed by atoms with van der Waals surface area (Å²) < 4.78 is 1.06. The molecule has 122 valence electrons. The Bertz CT molecular complexity index is 672. The van der Waals surface area contributed by atoms with Gasteiger partial charge < -0.3 is 4.48 Å². The van der Waals surface area contributed by atoms with Crippen LogP contribution in [0.4, 0.5) is 0 Å². The molecule has 3 heteroatoms. The molecule has 0 saturated carbocycles. The third-order valence-corrected chi connectivity index (χ3v) is 6.50. The Morgan fingerprint density at radius 1 is 1.26 bits per heavy atom. The average Bonchev–Trinajstić information content (AvgIpc) is 2.54. The van der Waals surface area contributed by atoms with Gasteiger partial charge in [-0.2, -0.15) is 0 Å². The summed E-state index contributed by atoms with van der Waals surface area (Å²) in [6.07, 6.45) is 10.1. The predicted molar refractivity (Wildman–Crippen MR) is 103 cm³/mol. The maximum Gasteiger partial charge on any atom is 0.0817 e. The lowest BCUT2D eigenvalue weighted by Gasteiger charge is -2.34. The van der Waals surface area contributed by atoms with E-state index in [1.54, 1.807) is 0 Å². The van der Waals surface area contributed by atoms with E-state index < -0.39 is 0 Å². The summed E-state index contributed by atoms with van der Waals surface area (Å²) in [5, 5.41) is 1.33. The lowest BCUT2D eigenvalue weighted by molar-refractivity contribution is -0.888. The Hall–Kier alpha value is -0.960. The van der Waals surface area contributed by atoms with Crippen LogP contribution in [0.5, 0.6) is 0 Å². The summed E-state index contributed by atoms with van der Waals surface area (Å²) in [4.78, 5) is 1.39. The van der Waals surface area contributed by atoms with Crippen LogP contribution in [0.25, 0.3) is 5.57 Å². The molecular formula is C20H25ClNS+. The van der Waals surface area contributed by atoms with Gasteiger partial charge in [0.1, 0.15) is 0 Å². The lowest BCUT2D eigenvalue weighted by atomic mass is 9.85. The minimum atomic E-state index is 0.393. The van der Waals surface area contributed by atoms with Crippen molar-refractivity contribution in [2.45, 2.75) is 23.5 Å². The Balaban J connectivity index is 1.92. The molecule has 0 unspecified atom stereocenters. The first-order valence-electron chi connectivity index (χ1n) is 8.34. The maximum absolute atomic E-state index is 6.29. The molecule has 23 heavy (non-hydrogen) atoms. The molecule has 1 heterocycles. The Labute approximate surface area is 149 Å². The third kappa shape index (κ3) is 3.76. The molecule has 1 aromatic carbocycles. The van der Waals surface area contributed by atoms with Crippen LogP contribution >= 0.6 is 23.4 Å². The van der Waals surface area contributed by atoms with Crippen molar-refractivity contribution in [1.82, 2.24) is 0 Å². The minimum Gasteiger partial charge on any atom is -0.328 e. The number of hydrogen-bond acceptors (Lipinski definition) is 1. The van der Waals surface area contributed by atoms with Crippen molar-refractivity contribution < 1.29 is 4.48 Å². The molecule has 0 saturated heterocycles. The fourth-order valence-corrected chi connectivity index (χ4v) is 4.62. The Morgan fingerprint density at radius 2 is 2.04 bits per heavy atom. The van der Waals surface area contributed by atoms with Crippen molar-refractivity contribution in [2.75, 3.05) is 27.2 Å². The van der Waals surface area contributed by atoms with Crippen molar-refractivity contribution in [3.8, 4) is 0 Å². The van der Waals surface area contributed by atoms with E-state index in [9.17, 15) is 0 Å². The first-order chi connectivity index (χ1) is 11.0. The van der Waals surface area contributed by atoms with Crippen molar-refractivity contribution in [3.63, 3.8) is 0 Å². The first kappa shape index (κ1) is 16.9. The molecule has 0 amide bonds. The van der Waals surface area contributed by atoms with Gasteiger partial charge in [-0.1, -0.05) is 48.0 Å². The van der Waals surface area contributed by atoms with Crippen molar-refractivity contribution in [3.05, 3.63) is 59.2 Å². The minimum absolute atomic E-state index is 0.393. The summed E-state index contributed by atoms with van der Waals surface area (Å²) in [5.74, 6) is 0.393. The van der Waals surface area contributed by atoms with E-state index in [1.807, 2.05) is 17.8 Å². The largest absolute Gasteiger partial charge is 0.328 e. The van der Waals surface area contributed by atoms with Crippen LogP contribution in [-0.4, -0.2) is 36.9 Å². The van der Waals surface area contributed by atoms with E-state index in [-0.39, 0.29) is 0 Å². The van der Waals surface area contributed by atoms with Crippen LogP contribution in [0.3, 0.4) is 0 Å². The average molecular weight is 347 g/mol. The molecule has 1 nitrogen and oxygen atoms in total. The molecule has 1 aliphatic carbocycles. The van der Waals surface area contributed by atoms with Crippen LogP contribution in [0, 0.1) is 5.92 Å². The highest BCUT2D eigenvalue weighted by Gasteiger charge is 2.31. The maximum atomic E-state index is 6.29. The van der Waals surface area contributed by atoms with Crippen LogP contribution < -0.4 is 0 Å². The molecule has 1 aliphatic heterocycles. The predicted octanol–water partition coefficient (Wildman–Crippen LogP) is 5.34. The number of fused-ring (bicyclic) bond motifs is 2. The zero-order valence-electron chi connectivity index (χ0n) is 14.1. The number of halogens is 1. The van der Waals surface area contributed by atoms with E-state index in [1.165, 1.54) is 22.6 Å². The highest BCUT2D eigenvalue weighted by atomic mass is 35.5. The Kier molecular flexibility index (Phi) is 5.05. The van der Waals surface area contributed by atoms with Gasteiger partial charge in [0.15, 0.2) is 0 Å². The van der Waals surface area contributed by atoms with Gasteiger partial charge in [-0.25, -0.2) is 0 Å². The summed E-state index contributed by atoms with van der Waals surface area (Å²) in [6, 6.07) is 8.77. The number of quaternary nitrogens is 1. The zero-order chi connectivity index (χ0) is 16.4. The number of benzene rings is 1. The SMILES string of the molecule is CC[N+](C)(C)CC/C=C1/c2ccccc2S[C@H]2C=CC(Cl)=C[C@@H]12. The van der Waals surface area contributed by atoms with Gasteiger partial charge >= 0.3 is 0 Å². The molecule has 0 aromatic heterocycles. The molecule has 0 fully saturated rings. The van der Waals surface area contributed by atoms with Crippen molar-refractivity contribution in [2.24, 2.45) is 5.92 Å². The number of nitrogens with zero attached hydrogens (tertiary/aromatic N) is 1. The summed E-state index contributed by atoms with van der Waals surface area (Å²) >= 11 is 8.25. The normalized spacial score (nSPS) is 25.0. The molecule has 2 atom stereocenters. The molecular weight excluding hydrogens is 322 g/mol.